The summed E-state index contributed by atoms with van der Waals surface area (Å²) in [5.74, 6) is -1.04. The number of para-hydroxylation sites is 1. The summed E-state index contributed by atoms with van der Waals surface area (Å²) in [5, 5.41) is 37.0. The van der Waals surface area contributed by atoms with E-state index in [0.717, 1.165) is 80.0 Å². The molecule has 0 spiro atoms. The first-order valence-electron chi connectivity index (χ1n) is 26.4. The van der Waals surface area contributed by atoms with Gasteiger partial charge in [0, 0.05) is 61.8 Å². The molecule has 3 amide bonds. The number of Topliss-reactive ketones (excluding diaryl/α,β-unsaturated/α-hetero) is 1. The number of carbonyl (C=O) groups is 4. The predicted octanol–water partition coefficient (Wildman–Crippen LogP) is 10.9. The molecule has 392 valence electrons. The van der Waals surface area contributed by atoms with E-state index in [9.17, 15) is 29.4 Å². The summed E-state index contributed by atoms with van der Waals surface area (Å²) in [6, 6.07) is 26.3. The van der Waals surface area contributed by atoms with E-state index in [2.05, 4.69) is 63.5 Å². The maximum Gasteiger partial charge on any atom is 0.224 e. The lowest BCUT2D eigenvalue weighted by Crippen LogP contribution is -2.52. The number of nitrogens with two attached hydrogens (primary N) is 1. The van der Waals surface area contributed by atoms with Crippen LogP contribution in [0.2, 0.25) is 0 Å². The van der Waals surface area contributed by atoms with Gasteiger partial charge in [-0.3, -0.25) is 19.2 Å². The van der Waals surface area contributed by atoms with Crippen LogP contribution in [0.25, 0.3) is 21.7 Å². The number of aromatic nitrogens is 2. The van der Waals surface area contributed by atoms with Gasteiger partial charge in [0.15, 0.2) is 17.4 Å². The number of phenolic OH excluding ortho intramolecular Hbond substituents is 1. The fourth-order valence-corrected chi connectivity index (χ4v) is 10.6. The maximum absolute atomic E-state index is 14.1. The zero-order chi connectivity index (χ0) is 52.3. The lowest BCUT2D eigenvalue weighted by atomic mass is 9.77. The molecule has 5 aromatic rings. The number of aryl methyl sites for hydroxylation is 1. The Morgan fingerprint density at radius 2 is 1.40 bits per heavy atom. The van der Waals surface area contributed by atoms with Crippen molar-refractivity contribution in [3.05, 3.63) is 113 Å². The molecule has 13 nitrogen and oxygen atoms in total. The van der Waals surface area contributed by atoms with E-state index in [-0.39, 0.29) is 47.9 Å². The van der Waals surface area contributed by atoms with Crippen LogP contribution in [0.4, 0.5) is 5.82 Å². The first-order chi connectivity index (χ1) is 35.1. The number of unbranched alkanes of at least 4 members (excludes halogenated alkanes) is 10. The highest BCUT2D eigenvalue weighted by molar-refractivity contribution is 7.13. The minimum absolute atomic E-state index is 0.105. The molecule has 6 N–H and O–H groups in total. The summed E-state index contributed by atoms with van der Waals surface area (Å²) >= 11 is 1.70. The number of phenols is 1. The molecule has 6 rings (SSSR count). The second-order valence-electron chi connectivity index (χ2n) is 21.0. The summed E-state index contributed by atoms with van der Waals surface area (Å²) in [4.78, 5) is 56.7. The lowest BCUT2D eigenvalue weighted by molar-refractivity contribution is -0.137. The molecule has 2 aromatic heterocycles. The van der Waals surface area contributed by atoms with Gasteiger partial charge in [-0.2, -0.15) is 0 Å². The molecular weight excluding hydrogens is 937 g/mol. The van der Waals surface area contributed by atoms with Crippen LogP contribution in [0, 0.1) is 24.2 Å². The number of rotatable bonds is 28. The van der Waals surface area contributed by atoms with Gasteiger partial charge >= 0.3 is 0 Å². The monoisotopic (exact) mass is 1010 g/mol. The summed E-state index contributed by atoms with van der Waals surface area (Å²) in [7, 11) is 1.86. The number of nitrogens with one attached hydrogen (secondary N) is 2. The second-order valence-corrected chi connectivity index (χ2v) is 21.9. The molecular formula is C59H78N6O7S. The van der Waals surface area contributed by atoms with Crippen LogP contribution < -0.4 is 21.1 Å². The maximum atomic E-state index is 14.1. The molecule has 0 radical (unpaired) electrons. The number of aromatic hydroxyl groups is 1. The minimum Gasteiger partial charge on any atom is -0.507 e. The molecule has 1 unspecified atom stereocenters. The molecule has 2 heterocycles. The zero-order valence-corrected chi connectivity index (χ0v) is 44.5. The SMILES string of the molecule is Cc1ccsc1-c1ccc(CNC(=O)[C@@H]2C[C@@H](O)CC2C(=O)[C@@H](NC(=O)CCCCCCCCCCCCCC(=O)N(C)Cc2ccc(CCOc3cc(-c4ccccc4O)nnc3N)cc2)C(C)(C)C)cc1. The number of ether oxygens (including phenoxy) is 1. The van der Waals surface area contributed by atoms with E-state index < -0.39 is 29.4 Å². The number of ketones is 1. The zero-order valence-electron chi connectivity index (χ0n) is 43.7. The van der Waals surface area contributed by atoms with Crippen LogP contribution in [-0.4, -0.2) is 74.6 Å². The smallest absolute Gasteiger partial charge is 0.224 e. The van der Waals surface area contributed by atoms with Crippen molar-refractivity contribution in [2.75, 3.05) is 19.4 Å². The molecule has 14 heteroatoms. The standard InChI is InChI=1S/C59H78N6O7S/c1-40-32-34-73-55(40)44-29-27-42(28-30-44)38-61-58(71)48-36-45(66)35-47(48)54(70)56(59(2,3)4)62-52(68)21-15-13-11-9-7-6-8-10-12-14-16-22-53(69)65(5)39-43-25-23-41(24-26-43)31-33-72-51-37-49(63-64-57(51)60)46-19-17-18-20-50(46)67/h17-20,23-30,32,34,37,45,47-48,56,66-67H,6-16,21-22,31,33,35-36,38-39H2,1-5H3,(H2,60,64)(H,61,71)(H,62,68)/t45-,47?,48+,56+/m0/s1. The van der Waals surface area contributed by atoms with E-state index in [1.165, 1.54) is 23.3 Å². The highest BCUT2D eigenvalue weighted by Crippen LogP contribution is 2.37. The van der Waals surface area contributed by atoms with Crippen LogP contribution in [0.1, 0.15) is 139 Å². The van der Waals surface area contributed by atoms with Crippen LogP contribution >= 0.6 is 11.3 Å². The number of anilines is 1. The van der Waals surface area contributed by atoms with Crippen LogP contribution in [-0.2, 0) is 38.7 Å². The van der Waals surface area contributed by atoms with Crippen molar-refractivity contribution in [2.45, 2.75) is 156 Å². The van der Waals surface area contributed by atoms with Crippen LogP contribution in [0.3, 0.4) is 0 Å². The van der Waals surface area contributed by atoms with Gasteiger partial charge < -0.3 is 36.2 Å². The molecule has 1 saturated carbocycles. The van der Waals surface area contributed by atoms with Crippen molar-refractivity contribution in [1.29, 1.82) is 0 Å². The van der Waals surface area contributed by atoms with Gasteiger partial charge in [0.25, 0.3) is 0 Å². The van der Waals surface area contributed by atoms with E-state index in [0.29, 0.717) is 56.0 Å². The Kier molecular flexibility index (Phi) is 21.4. The summed E-state index contributed by atoms with van der Waals surface area (Å²) < 4.78 is 5.94. The third kappa shape index (κ3) is 17.2. The first kappa shape index (κ1) is 56.2. The van der Waals surface area contributed by atoms with Gasteiger partial charge in [-0.1, -0.05) is 139 Å². The van der Waals surface area contributed by atoms with Crippen LogP contribution in [0.5, 0.6) is 11.5 Å². The molecule has 0 bridgehead atoms. The van der Waals surface area contributed by atoms with E-state index in [1.807, 2.05) is 58.2 Å². The van der Waals surface area contributed by atoms with Gasteiger partial charge in [0.2, 0.25) is 17.7 Å². The molecule has 73 heavy (non-hydrogen) atoms. The normalized spacial score (nSPS) is 15.9. The predicted molar refractivity (Wildman–Crippen MR) is 291 cm³/mol. The van der Waals surface area contributed by atoms with Crippen molar-refractivity contribution in [2.24, 2.45) is 17.3 Å². The topological polar surface area (TPSA) is 197 Å². The largest absolute Gasteiger partial charge is 0.507 e. The number of nitrogen functional groups attached to an aromatic ring is 1. The summed E-state index contributed by atoms with van der Waals surface area (Å²) in [6.45, 7) is 9.16. The van der Waals surface area contributed by atoms with Gasteiger partial charge in [-0.15, -0.1) is 21.5 Å². The minimum atomic E-state index is -0.761. The van der Waals surface area contributed by atoms with E-state index in [1.54, 1.807) is 40.5 Å². The Hall–Kier alpha value is -6.12. The number of hydrogen-bond acceptors (Lipinski definition) is 11. The summed E-state index contributed by atoms with van der Waals surface area (Å²) in [6.07, 6.45) is 12.9. The molecule has 1 aliphatic carbocycles. The van der Waals surface area contributed by atoms with Crippen molar-refractivity contribution in [3.8, 4) is 33.2 Å². The van der Waals surface area contributed by atoms with E-state index >= 15 is 0 Å². The highest BCUT2D eigenvalue weighted by atomic mass is 32.1. The summed E-state index contributed by atoms with van der Waals surface area (Å²) in [5.41, 5.74) is 12.0. The Morgan fingerprint density at radius 3 is 2.03 bits per heavy atom. The number of aliphatic hydroxyl groups excluding tert-OH is 1. The molecule has 1 fully saturated rings. The van der Waals surface area contributed by atoms with Crippen molar-refractivity contribution < 1.29 is 34.1 Å². The molecule has 3 aromatic carbocycles. The van der Waals surface area contributed by atoms with Crippen LogP contribution in [0.15, 0.2) is 90.3 Å². The van der Waals surface area contributed by atoms with Gasteiger partial charge in [0.05, 0.1) is 24.7 Å². The van der Waals surface area contributed by atoms with Crippen molar-refractivity contribution in [1.82, 2.24) is 25.7 Å². The fraction of sp³-hybridized carbons (Fsp3) is 0.492. The van der Waals surface area contributed by atoms with Gasteiger partial charge in [-0.05, 0) is 89.4 Å². The third-order valence-corrected chi connectivity index (χ3v) is 15.1. The number of thiophene rings is 1. The number of aliphatic hydroxyl groups is 1. The number of carbonyl (C=O) groups excluding carboxylic acids is 4. The van der Waals surface area contributed by atoms with Gasteiger partial charge in [-0.25, -0.2) is 0 Å². The third-order valence-electron chi connectivity index (χ3n) is 14.0. The average molecular weight is 1020 g/mol. The molecule has 0 aliphatic heterocycles. The quantitative estimate of drug-likeness (QED) is 0.0301. The van der Waals surface area contributed by atoms with Gasteiger partial charge in [0.1, 0.15) is 11.4 Å². The van der Waals surface area contributed by atoms with E-state index in [4.69, 9.17) is 10.5 Å². The lowest BCUT2D eigenvalue weighted by Gasteiger charge is -2.33. The molecule has 4 atom stereocenters. The van der Waals surface area contributed by atoms with Crippen molar-refractivity contribution >= 4 is 40.7 Å². The van der Waals surface area contributed by atoms with Crippen molar-refractivity contribution in [3.63, 3.8) is 0 Å². The first-order valence-corrected chi connectivity index (χ1v) is 27.2. The molecule has 0 saturated heterocycles. The molecule has 1 aliphatic rings. The second kappa shape index (κ2) is 27.8. The Morgan fingerprint density at radius 1 is 0.795 bits per heavy atom. The Labute approximate surface area is 436 Å². The Balaban J connectivity index is 0.780. The average Bonchev–Trinajstić information content (AvgIpc) is 3.99. The number of nitrogens with zero attached hydrogens (tertiary/aromatic N) is 3. The number of benzene rings is 3. The number of hydrogen-bond donors (Lipinski definition) is 5. The highest BCUT2D eigenvalue weighted by Gasteiger charge is 2.46. The number of amides is 3. The fourth-order valence-electron chi connectivity index (χ4n) is 9.66. The Bertz CT molecular complexity index is 2560.